The molecule has 0 fully saturated rings. The average Bonchev–Trinajstić information content (AvgIpc) is 2.66. The number of nitrogen functional groups attached to an aromatic ring is 1. The van der Waals surface area contributed by atoms with Gasteiger partial charge in [0, 0.05) is 25.0 Å². The second-order valence-electron chi connectivity index (χ2n) is 2.98. The van der Waals surface area contributed by atoms with Crippen LogP contribution in [0.1, 0.15) is 12.7 Å². The van der Waals surface area contributed by atoms with Crippen LogP contribution in [0.3, 0.4) is 0 Å². The number of rotatable bonds is 2. The van der Waals surface area contributed by atoms with Crippen molar-refractivity contribution in [2.24, 2.45) is 0 Å². The van der Waals surface area contributed by atoms with E-state index < -0.39 is 0 Å². The number of aromatic nitrogens is 3. The Bertz CT molecular complexity index is 433. The fourth-order valence-electron chi connectivity index (χ4n) is 1.40. The quantitative estimate of drug-likeness (QED) is 0.775. The predicted molar refractivity (Wildman–Crippen MR) is 55.1 cm³/mol. The Labute approximate surface area is 82.4 Å². The van der Waals surface area contributed by atoms with E-state index in [9.17, 15) is 0 Å². The average molecular weight is 188 g/mol. The summed E-state index contributed by atoms with van der Waals surface area (Å²) in [5.41, 5.74) is 6.49. The molecule has 0 bridgehead atoms. The Balaban J connectivity index is 2.54. The summed E-state index contributed by atoms with van der Waals surface area (Å²) in [4.78, 5) is 8.45. The van der Waals surface area contributed by atoms with Gasteiger partial charge in [-0.05, 0) is 12.1 Å². The lowest BCUT2D eigenvalue weighted by Crippen LogP contribution is -2.04. The fourth-order valence-corrected chi connectivity index (χ4v) is 1.40. The van der Waals surface area contributed by atoms with Gasteiger partial charge >= 0.3 is 0 Å². The first-order valence-electron chi connectivity index (χ1n) is 4.56. The van der Waals surface area contributed by atoms with E-state index in [4.69, 9.17) is 5.73 Å². The number of pyridine rings is 1. The lowest BCUT2D eigenvalue weighted by molar-refractivity contribution is 0.870. The van der Waals surface area contributed by atoms with Gasteiger partial charge in [0.25, 0.3) is 0 Å². The van der Waals surface area contributed by atoms with Crippen molar-refractivity contribution in [2.45, 2.75) is 13.3 Å². The summed E-state index contributed by atoms with van der Waals surface area (Å²) in [5.74, 6) is 1.72. The van der Waals surface area contributed by atoms with Crippen molar-refractivity contribution >= 4 is 5.69 Å². The molecule has 0 amide bonds. The van der Waals surface area contributed by atoms with E-state index in [0.29, 0.717) is 5.69 Å². The molecule has 2 aromatic heterocycles. The summed E-state index contributed by atoms with van der Waals surface area (Å²) < 4.78 is 1.91. The molecule has 72 valence electrons. The zero-order valence-corrected chi connectivity index (χ0v) is 8.01. The molecule has 4 heteroatoms. The first-order valence-corrected chi connectivity index (χ1v) is 4.56. The standard InChI is InChI=1S/C10H12N4/c1-2-9-12-6-7-14(9)10-8(11)4-3-5-13-10/h3-7H,2,11H2,1H3. The van der Waals surface area contributed by atoms with Gasteiger partial charge in [0.15, 0.2) is 5.82 Å². The molecule has 0 aliphatic heterocycles. The minimum Gasteiger partial charge on any atom is -0.396 e. The maximum Gasteiger partial charge on any atom is 0.161 e. The first-order chi connectivity index (χ1) is 6.83. The molecule has 2 rings (SSSR count). The molecule has 0 aliphatic rings. The van der Waals surface area contributed by atoms with E-state index >= 15 is 0 Å². The van der Waals surface area contributed by atoms with Gasteiger partial charge in [0.2, 0.25) is 0 Å². The van der Waals surface area contributed by atoms with E-state index in [2.05, 4.69) is 16.9 Å². The van der Waals surface area contributed by atoms with Crippen molar-refractivity contribution in [1.82, 2.24) is 14.5 Å². The van der Waals surface area contributed by atoms with Gasteiger partial charge in [-0.25, -0.2) is 9.97 Å². The summed E-state index contributed by atoms with van der Waals surface area (Å²) in [6.07, 6.45) is 6.22. The third kappa shape index (κ3) is 1.35. The topological polar surface area (TPSA) is 56.7 Å². The van der Waals surface area contributed by atoms with E-state index in [0.717, 1.165) is 18.1 Å². The molecule has 0 atom stereocenters. The second kappa shape index (κ2) is 3.49. The third-order valence-electron chi connectivity index (χ3n) is 2.08. The number of nitrogens with two attached hydrogens (primary N) is 1. The van der Waals surface area contributed by atoms with Gasteiger partial charge in [-0.15, -0.1) is 0 Å². The van der Waals surface area contributed by atoms with E-state index in [1.807, 2.05) is 22.9 Å². The van der Waals surface area contributed by atoms with Crippen molar-refractivity contribution in [2.75, 3.05) is 5.73 Å². The molecule has 2 heterocycles. The molecule has 0 saturated carbocycles. The lowest BCUT2D eigenvalue weighted by Gasteiger charge is -2.07. The van der Waals surface area contributed by atoms with Crippen LogP contribution < -0.4 is 5.73 Å². The van der Waals surface area contributed by atoms with Gasteiger partial charge in [0.1, 0.15) is 5.82 Å². The third-order valence-corrected chi connectivity index (χ3v) is 2.08. The van der Waals surface area contributed by atoms with E-state index in [1.54, 1.807) is 12.4 Å². The number of imidazole rings is 1. The summed E-state index contributed by atoms with van der Waals surface area (Å²) in [6, 6.07) is 3.66. The van der Waals surface area contributed by atoms with Gasteiger partial charge in [-0.3, -0.25) is 4.57 Å². The zero-order chi connectivity index (χ0) is 9.97. The van der Waals surface area contributed by atoms with Crippen LogP contribution in [0.4, 0.5) is 5.69 Å². The molecule has 2 N–H and O–H groups in total. The molecule has 14 heavy (non-hydrogen) atoms. The first kappa shape index (κ1) is 8.74. The summed E-state index contributed by atoms with van der Waals surface area (Å²) in [5, 5.41) is 0. The maximum absolute atomic E-state index is 5.82. The van der Waals surface area contributed by atoms with Gasteiger partial charge in [-0.2, -0.15) is 0 Å². The van der Waals surface area contributed by atoms with Crippen LogP contribution in [0.5, 0.6) is 0 Å². The monoisotopic (exact) mass is 188 g/mol. The number of anilines is 1. The SMILES string of the molecule is CCc1nccn1-c1ncccc1N. The van der Waals surface area contributed by atoms with Gasteiger partial charge in [-0.1, -0.05) is 6.92 Å². The molecule has 0 saturated heterocycles. The minimum absolute atomic E-state index is 0.667. The van der Waals surface area contributed by atoms with E-state index in [1.165, 1.54) is 0 Å². The highest BCUT2D eigenvalue weighted by Gasteiger charge is 2.06. The normalized spacial score (nSPS) is 10.4. The Hall–Kier alpha value is -1.84. The molecule has 0 aliphatic carbocycles. The zero-order valence-electron chi connectivity index (χ0n) is 8.01. The Morgan fingerprint density at radius 1 is 1.36 bits per heavy atom. The molecule has 0 spiro atoms. The number of aryl methyl sites for hydroxylation is 1. The fraction of sp³-hybridized carbons (Fsp3) is 0.200. The molecular weight excluding hydrogens is 176 g/mol. The van der Waals surface area contributed by atoms with Gasteiger partial charge in [0.05, 0.1) is 5.69 Å². The summed E-state index contributed by atoms with van der Waals surface area (Å²) in [6.45, 7) is 2.05. The summed E-state index contributed by atoms with van der Waals surface area (Å²) in [7, 11) is 0. The van der Waals surface area contributed by atoms with Crippen molar-refractivity contribution in [1.29, 1.82) is 0 Å². The highest BCUT2D eigenvalue weighted by molar-refractivity contribution is 5.52. The Morgan fingerprint density at radius 3 is 2.93 bits per heavy atom. The van der Waals surface area contributed by atoms with Crippen molar-refractivity contribution in [3.63, 3.8) is 0 Å². The Kier molecular flexibility index (Phi) is 2.18. The maximum atomic E-state index is 5.82. The summed E-state index contributed by atoms with van der Waals surface area (Å²) >= 11 is 0. The molecule has 0 aromatic carbocycles. The smallest absolute Gasteiger partial charge is 0.161 e. The number of nitrogens with zero attached hydrogens (tertiary/aromatic N) is 3. The molecular formula is C10H12N4. The van der Waals surface area contributed by atoms with E-state index in [-0.39, 0.29) is 0 Å². The van der Waals surface area contributed by atoms with Gasteiger partial charge < -0.3 is 5.73 Å². The second-order valence-corrected chi connectivity index (χ2v) is 2.98. The van der Waals surface area contributed by atoms with Crippen LogP contribution in [0.2, 0.25) is 0 Å². The molecule has 0 unspecified atom stereocenters. The van der Waals surface area contributed by atoms with Crippen LogP contribution in [-0.4, -0.2) is 14.5 Å². The molecule has 2 aromatic rings. The molecule has 4 nitrogen and oxygen atoms in total. The van der Waals surface area contributed by atoms with Crippen LogP contribution in [0.25, 0.3) is 5.82 Å². The van der Waals surface area contributed by atoms with Crippen molar-refractivity contribution in [3.8, 4) is 5.82 Å². The highest BCUT2D eigenvalue weighted by Crippen LogP contribution is 2.14. The Morgan fingerprint density at radius 2 is 2.21 bits per heavy atom. The van der Waals surface area contributed by atoms with Crippen LogP contribution in [-0.2, 0) is 6.42 Å². The van der Waals surface area contributed by atoms with Crippen LogP contribution in [0, 0.1) is 0 Å². The van der Waals surface area contributed by atoms with Crippen molar-refractivity contribution in [3.05, 3.63) is 36.5 Å². The largest absolute Gasteiger partial charge is 0.396 e. The number of hydrogen-bond donors (Lipinski definition) is 1. The van der Waals surface area contributed by atoms with Crippen molar-refractivity contribution < 1.29 is 0 Å². The molecule has 0 radical (unpaired) electrons. The predicted octanol–water partition coefficient (Wildman–Crippen LogP) is 1.41. The van der Waals surface area contributed by atoms with Crippen LogP contribution >= 0.6 is 0 Å². The minimum atomic E-state index is 0.667. The van der Waals surface area contributed by atoms with Crippen LogP contribution in [0.15, 0.2) is 30.7 Å². The highest BCUT2D eigenvalue weighted by atomic mass is 15.1. The lowest BCUT2D eigenvalue weighted by atomic mass is 10.3. The number of hydrogen-bond acceptors (Lipinski definition) is 3.